The molecule has 0 amide bonds. The van der Waals surface area contributed by atoms with E-state index >= 15 is 0 Å². The van der Waals surface area contributed by atoms with E-state index in [0.29, 0.717) is 25.7 Å². The summed E-state index contributed by atoms with van der Waals surface area (Å²) >= 11 is 0. The smallest absolute Gasteiger partial charge is 0.191 e. The molecule has 2 N–H and O–H groups in total. The predicted molar refractivity (Wildman–Crippen MR) is 129 cm³/mol. The monoisotopic (exact) mass is 434 g/mol. The van der Waals surface area contributed by atoms with Crippen molar-refractivity contribution in [3.63, 3.8) is 0 Å². The minimum atomic E-state index is 0.365. The Bertz CT molecular complexity index is 981. The molecule has 0 spiro atoms. The summed E-state index contributed by atoms with van der Waals surface area (Å²) in [6.07, 6.45) is 1.86. The van der Waals surface area contributed by atoms with Gasteiger partial charge in [0.1, 0.15) is 0 Å². The van der Waals surface area contributed by atoms with Crippen LogP contribution in [0.15, 0.2) is 59.7 Å². The number of hydrogen-bond acceptors (Lipinski definition) is 4. The first-order valence-corrected chi connectivity index (χ1v) is 11.2. The van der Waals surface area contributed by atoms with Gasteiger partial charge >= 0.3 is 0 Å². The number of rotatable bonds is 10. The molecule has 0 fully saturated rings. The minimum Gasteiger partial charge on any atom is -0.376 e. The molecular formula is C25H34N6O. The molecule has 0 aliphatic carbocycles. The molecule has 1 atom stereocenters. The Morgan fingerprint density at radius 3 is 2.56 bits per heavy atom. The quantitative estimate of drug-likeness (QED) is 0.375. The average molecular weight is 435 g/mol. The van der Waals surface area contributed by atoms with Crippen LogP contribution in [0.1, 0.15) is 36.4 Å². The van der Waals surface area contributed by atoms with Gasteiger partial charge in [-0.2, -0.15) is 5.10 Å². The van der Waals surface area contributed by atoms with Crippen molar-refractivity contribution in [1.82, 2.24) is 25.4 Å². The molecule has 2 aromatic heterocycles. The largest absolute Gasteiger partial charge is 0.376 e. The first kappa shape index (κ1) is 23.5. The summed E-state index contributed by atoms with van der Waals surface area (Å²) in [5.74, 6) is 1.98. The number of ether oxygens (including phenoxy) is 1. The third-order valence-electron chi connectivity index (χ3n) is 4.93. The lowest BCUT2D eigenvalue weighted by Gasteiger charge is -2.16. The van der Waals surface area contributed by atoms with Crippen molar-refractivity contribution in [2.24, 2.45) is 10.9 Å². The lowest BCUT2D eigenvalue weighted by molar-refractivity contribution is 0.0931. The van der Waals surface area contributed by atoms with Crippen molar-refractivity contribution in [2.75, 3.05) is 19.7 Å². The second-order valence-electron chi connectivity index (χ2n) is 8.05. The van der Waals surface area contributed by atoms with Gasteiger partial charge < -0.3 is 15.4 Å². The Kier molecular flexibility index (Phi) is 8.80. The van der Waals surface area contributed by atoms with E-state index in [1.807, 2.05) is 61.1 Å². The molecule has 3 rings (SSSR count). The number of nitrogens with one attached hydrogen (secondary N) is 2. The van der Waals surface area contributed by atoms with Gasteiger partial charge in [-0.3, -0.25) is 0 Å². The fraction of sp³-hybridized carbons (Fsp3) is 0.400. The zero-order valence-corrected chi connectivity index (χ0v) is 19.5. The van der Waals surface area contributed by atoms with Crippen LogP contribution < -0.4 is 10.6 Å². The summed E-state index contributed by atoms with van der Waals surface area (Å²) in [5.41, 5.74) is 4.30. The van der Waals surface area contributed by atoms with Gasteiger partial charge in [-0.25, -0.2) is 14.7 Å². The molecule has 2 heterocycles. The summed E-state index contributed by atoms with van der Waals surface area (Å²) in [4.78, 5) is 9.25. The second-order valence-corrected chi connectivity index (χ2v) is 8.05. The van der Waals surface area contributed by atoms with Gasteiger partial charge in [0, 0.05) is 25.0 Å². The Morgan fingerprint density at radius 1 is 1.09 bits per heavy atom. The van der Waals surface area contributed by atoms with E-state index in [1.54, 1.807) is 0 Å². The number of aromatic nitrogens is 3. The third kappa shape index (κ3) is 7.20. The van der Waals surface area contributed by atoms with Crippen molar-refractivity contribution in [3.8, 4) is 5.82 Å². The van der Waals surface area contributed by atoms with Gasteiger partial charge in [0.25, 0.3) is 0 Å². The van der Waals surface area contributed by atoms with Gasteiger partial charge in [0.05, 0.1) is 25.5 Å². The van der Waals surface area contributed by atoms with E-state index in [4.69, 9.17) is 9.73 Å². The third-order valence-corrected chi connectivity index (χ3v) is 4.93. The normalized spacial score (nSPS) is 12.6. The van der Waals surface area contributed by atoms with Crippen LogP contribution in [0.4, 0.5) is 0 Å². The van der Waals surface area contributed by atoms with E-state index in [1.165, 1.54) is 5.56 Å². The number of aryl methyl sites for hydroxylation is 2. The van der Waals surface area contributed by atoms with E-state index in [-0.39, 0.29) is 0 Å². The maximum atomic E-state index is 5.84. The van der Waals surface area contributed by atoms with Crippen LogP contribution in [0, 0.1) is 19.8 Å². The molecule has 0 saturated carbocycles. The number of hydrogen-bond donors (Lipinski definition) is 2. The summed E-state index contributed by atoms with van der Waals surface area (Å²) < 4.78 is 7.70. The summed E-state index contributed by atoms with van der Waals surface area (Å²) in [7, 11) is 0. The topological polar surface area (TPSA) is 76.4 Å². The lowest BCUT2D eigenvalue weighted by atomic mass is 10.2. The maximum Gasteiger partial charge on any atom is 0.191 e. The first-order valence-electron chi connectivity index (χ1n) is 11.2. The van der Waals surface area contributed by atoms with Gasteiger partial charge in [0.15, 0.2) is 11.8 Å². The molecule has 0 bridgehead atoms. The standard InChI is InChI=1S/C25H34N6O/c1-5-26-25(28-14-19(2)17-32-18-22-9-7-6-8-10-22)29-16-23-11-12-24(27-15-23)31-21(4)13-20(3)30-31/h6-13,15,19H,5,14,16-18H2,1-4H3,(H2,26,28,29). The number of nitrogens with zero attached hydrogens (tertiary/aromatic N) is 4. The Hall–Kier alpha value is -3.19. The second kappa shape index (κ2) is 12.0. The number of guanidine groups is 1. The molecule has 1 aromatic carbocycles. The summed E-state index contributed by atoms with van der Waals surface area (Å²) in [6.45, 7) is 11.7. The van der Waals surface area contributed by atoms with E-state index in [0.717, 1.165) is 41.8 Å². The fourth-order valence-electron chi connectivity index (χ4n) is 3.29. The molecular weight excluding hydrogens is 400 g/mol. The molecule has 7 heteroatoms. The van der Waals surface area contributed by atoms with Crippen LogP contribution in [0.2, 0.25) is 0 Å². The molecule has 7 nitrogen and oxygen atoms in total. The van der Waals surface area contributed by atoms with Crippen molar-refractivity contribution >= 4 is 5.96 Å². The van der Waals surface area contributed by atoms with Crippen LogP contribution in [0.25, 0.3) is 5.82 Å². The molecule has 32 heavy (non-hydrogen) atoms. The van der Waals surface area contributed by atoms with Gasteiger partial charge in [-0.05, 0) is 49.9 Å². The SMILES string of the molecule is CCNC(=NCc1ccc(-n2nc(C)cc2C)nc1)NCC(C)COCc1ccccc1. The fourth-order valence-corrected chi connectivity index (χ4v) is 3.29. The van der Waals surface area contributed by atoms with Crippen molar-refractivity contribution in [1.29, 1.82) is 0 Å². The van der Waals surface area contributed by atoms with E-state index in [2.05, 4.69) is 46.7 Å². The predicted octanol–water partition coefficient (Wildman–Crippen LogP) is 3.79. The highest BCUT2D eigenvalue weighted by atomic mass is 16.5. The number of benzene rings is 1. The maximum absolute atomic E-state index is 5.84. The average Bonchev–Trinajstić information content (AvgIpc) is 3.14. The zero-order chi connectivity index (χ0) is 22.8. The van der Waals surface area contributed by atoms with Crippen molar-refractivity contribution in [2.45, 2.75) is 40.8 Å². The summed E-state index contributed by atoms with van der Waals surface area (Å²) in [5, 5.41) is 11.2. The van der Waals surface area contributed by atoms with Gasteiger partial charge in [-0.1, -0.05) is 43.3 Å². The van der Waals surface area contributed by atoms with Gasteiger partial charge in [0.2, 0.25) is 0 Å². The number of pyridine rings is 1. The van der Waals surface area contributed by atoms with Gasteiger partial charge in [-0.15, -0.1) is 0 Å². The molecule has 1 unspecified atom stereocenters. The molecule has 0 aliphatic rings. The van der Waals surface area contributed by atoms with Crippen molar-refractivity contribution < 1.29 is 4.74 Å². The Morgan fingerprint density at radius 2 is 1.91 bits per heavy atom. The minimum absolute atomic E-state index is 0.365. The van der Waals surface area contributed by atoms with Crippen molar-refractivity contribution in [3.05, 3.63) is 77.2 Å². The van der Waals surface area contributed by atoms with Crippen LogP contribution in [-0.2, 0) is 17.9 Å². The first-order chi connectivity index (χ1) is 15.5. The van der Waals surface area contributed by atoms with Crippen LogP contribution >= 0.6 is 0 Å². The van der Waals surface area contributed by atoms with Crippen LogP contribution in [-0.4, -0.2) is 40.4 Å². The molecule has 0 saturated heterocycles. The highest BCUT2D eigenvalue weighted by Crippen LogP contribution is 2.11. The Balaban J connectivity index is 1.48. The lowest BCUT2D eigenvalue weighted by Crippen LogP contribution is -2.40. The molecule has 3 aromatic rings. The van der Waals surface area contributed by atoms with Crippen LogP contribution in [0.5, 0.6) is 0 Å². The van der Waals surface area contributed by atoms with Crippen LogP contribution in [0.3, 0.4) is 0 Å². The van der Waals surface area contributed by atoms with E-state index in [9.17, 15) is 0 Å². The Labute approximate surface area is 190 Å². The zero-order valence-electron chi connectivity index (χ0n) is 19.5. The molecule has 0 aliphatic heterocycles. The van der Waals surface area contributed by atoms with E-state index < -0.39 is 0 Å². The summed E-state index contributed by atoms with van der Waals surface area (Å²) in [6, 6.07) is 16.3. The molecule has 0 radical (unpaired) electrons. The highest BCUT2D eigenvalue weighted by Gasteiger charge is 2.07. The molecule has 170 valence electrons. The highest BCUT2D eigenvalue weighted by molar-refractivity contribution is 5.79. The number of aliphatic imine (C=N–C) groups is 1.